The predicted octanol–water partition coefficient (Wildman–Crippen LogP) is 1.96. The number of anilines is 1. The Morgan fingerprint density at radius 3 is 2.15 bits per heavy atom. The van der Waals surface area contributed by atoms with E-state index in [1.54, 1.807) is 13.0 Å². The first-order valence-electron chi connectivity index (χ1n) is 8.17. The summed E-state index contributed by atoms with van der Waals surface area (Å²) in [5.41, 5.74) is 0.485. The van der Waals surface area contributed by atoms with Crippen LogP contribution in [0.15, 0.2) is 52.3 Å². The van der Waals surface area contributed by atoms with E-state index in [1.807, 2.05) is 0 Å². The Bertz CT molecular complexity index is 1030. The van der Waals surface area contributed by atoms with Gasteiger partial charge in [0.05, 0.1) is 28.7 Å². The van der Waals surface area contributed by atoms with E-state index >= 15 is 0 Å². The smallest absolute Gasteiger partial charge is 0.261 e. The molecule has 0 aliphatic carbocycles. The zero-order valence-corrected chi connectivity index (χ0v) is 16.2. The first kappa shape index (κ1) is 19.7. The van der Waals surface area contributed by atoms with Crippen molar-refractivity contribution in [3.8, 4) is 0 Å². The van der Waals surface area contributed by atoms with Crippen molar-refractivity contribution < 1.29 is 26.0 Å². The van der Waals surface area contributed by atoms with Gasteiger partial charge in [0.2, 0.25) is 10.0 Å². The van der Waals surface area contributed by atoms with Crippen molar-refractivity contribution in [2.45, 2.75) is 16.7 Å². The largest absolute Gasteiger partial charge is 0.379 e. The van der Waals surface area contributed by atoms with Crippen molar-refractivity contribution in [3.63, 3.8) is 0 Å². The van der Waals surface area contributed by atoms with Crippen LogP contribution in [-0.2, 0) is 24.8 Å². The molecule has 0 aromatic heterocycles. The van der Waals surface area contributed by atoms with Crippen molar-refractivity contribution in [2.75, 3.05) is 31.0 Å². The van der Waals surface area contributed by atoms with E-state index in [9.17, 15) is 21.2 Å². The number of nitrogens with one attached hydrogen (secondary N) is 1. The first-order valence-corrected chi connectivity index (χ1v) is 11.1. The minimum atomic E-state index is -4.05. The van der Waals surface area contributed by atoms with Gasteiger partial charge < -0.3 is 4.74 Å². The fraction of sp³-hybridized carbons (Fsp3) is 0.294. The molecule has 0 unspecified atom stereocenters. The molecule has 0 bridgehead atoms. The molecule has 0 saturated carbocycles. The molecule has 0 atom stereocenters. The first-order chi connectivity index (χ1) is 12.7. The standard InChI is InChI=1S/C17H19FN2O5S2/c1-13-2-7-17(16(18)12-13)19-26(21,22)14-3-5-15(6-4-14)27(23,24)20-8-10-25-11-9-20/h2-7,12,19H,8-11H2,1H3. The Morgan fingerprint density at radius 2 is 1.56 bits per heavy atom. The van der Waals surface area contributed by atoms with Gasteiger partial charge in [-0.15, -0.1) is 0 Å². The molecule has 1 aliphatic rings. The second kappa shape index (κ2) is 7.55. The van der Waals surface area contributed by atoms with E-state index in [0.717, 1.165) is 0 Å². The second-order valence-corrected chi connectivity index (χ2v) is 9.70. The summed E-state index contributed by atoms with van der Waals surface area (Å²) < 4.78 is 72.5. The minimum absolute atomic E-state index is 0.00938. The van der Waals surface area contributed by atoms with Gasteiger partial charge in [-0.05, 0) is 48.9 Å². The Hall–Kier alpha value is -2.01. The normalized spacial score (nSPS) is 16.2. The maximum absolute atomic E-state index is 13.9. The lowest BCUT2D eigenvalue weighted by atomic mass is 10.2. The van der Waals surface area contributed by atoms with E-state index in [2.05, 4.69) is 4.72 Å². The van der Waals surface area contributed by atoms with Crippen LogP contribution in [0.5, 0.6) is 0 Å². The molecule has 1 aliphatic heterocycles. The number of rotatable bonds is 5. The fourth-order valence-corrected chi connectivity index (χ4v) is 5.11. The third-order valence-corrected chi connectivity index (χ3v) is 7.41. The van der Waals surface area contributed by atoms with E-state index < -0.39 is 25.9 Å². The molecule has 2 aromatic carbocycles. The molecule has 7 nitrogen and oxygen atoms in total. The molecular formula is C17H19FN2O5S2. The summed E-state index contributed by atoms with van der Waals surface area (Å²) in [7, 11) is -7.77. The van der Waals surface area contributed by atoms with Crippen LogP contribution in [0.1, 0.15) is 5.56 Å². The lowest BCUT2D eigenvalue weighted by Gasteiger charge is -2.26. The minimum Gasteiger partial charge on any atom is -0.379 e. The van der Waals surface area contributed by atoms with Crippen molar-refractivity contribution in [2.24, 2.45) is 0 Å². The summed E-state index contributed by atoms with van der Waals surface area (Å²) in [5.74, 6) is -0.690. The topological polar surface area (TPSA) is 92.8 Å². The van der Waals surface area contributed by atoms with E-state index in [0.29, 0.717) is 18.8 Å². The molecule has 2 aromatic rings. The highest BCUT2D eigenvalue weighted by atomic mass is 32.2. The van der Waals surface area contributed by atoms with Crippen molar-refractivity contribution in [3.05, 3.63) is 53.8 Å². The number of morpholine rings is 1. The molecule has 1 saturated heterocycles. The maximum Gasteiger partial charge on any atom is 0.261 e. The van der Waals surface area contributed by atoms with Gasteiger partial charge in [-0.2, -0.15) is 4.31 Å². The molecule has 0 radical (unpaired) electrons. The maximum atomic E-state index is 13.9. The highest BCUT2D eigenvalue weighted by molar-refractivity contribution is 7.92. The molecule has 3 rings (SSSR count). The van der Waals surface area contributed by atoms with Crippen molar-refractivity contribution in [1.82, 2.24) is 4.31 Å². The van der Waals surface area contributed by atoms with Crippen LogP contribution in [0, 0.1) is 12.7 Å². The van der Waals surface area contributed by atoms with E-state index in [-0.39, 0.29) is 28.6 Å². The summed E-state index contributed by atoms with van der Waals surface area (Å²) in [6.45, 7) is 2.82. The molecule has 1 N–H and O–H groups in total. The van der Waals surface area contributed by atoms with Crippen LogP contribution in [0.25, 0.3) is 0 Å². The van der Waals surface area contributed by atoms with Gasteiger partial charge in [0.1, 0.15) is 5.82 Å². The van der Waals surface area contributed by atoms with Gasteiger partial charge in [-0.25, -0.2) is 21.2 Å². The zero-order chi connectivity index (χ0) is 19.7. The Labute approximate surface area is 157 Å². The predicted molar refractivity (Wildman–Crippen MR) is 98.0 cm³/mol. The lowest BCUT2D eigenvalue weighted by Crippen LogP contribution is -2.40. The quantitative estimate of drug-likeness (QED) is 0.807. The van der Waals surface area contributed by atoms with Gasteiger partial charge in [0.15, 0.2) is 0 Å². The van der Waals surface area contributed by atoms with Gasteiger partial charge in [-0.3, -0.25) is 4.72 Å². The average Bonchev–Trinajstić information content (AvgIpc) is 2.65. The Balaban J connectivity index is 1.83. The molecule has 1 heterocycles. The molecular weight excluding hydrogens is 395 g/mol. The van der Waals surface area contributed by atoms with Crippen molar-refractivity contribution in [1.29, 1.82) is 0 Å². The second-order valence-electron chi connectivity index (χ2n) is 6.08. The van der Waals surface area contributed by atoms with Crippen LogP contribution in [-0.4, -0.2) is 47.4 Å². The van der Waals surface area contributed by atoms with Crippen molar-refractivity contribution >= 4 is 25.7 Å². The third kappa shape index (κ3) is 4.29. The number of hydrogen-bond acceptors (Lipinski definition) is 5. The zero-order valence-electron chi connectivity index (χ0n) is 14.6. The SMILES string of the molecule is Cc1ccc(NS(=O)(=O)c2ccc(S(=O)(=O)N3CCOCC3)cc2)c(F)c1. The summed E-state index contributed by atoms with van der Waals surface area (Å²) in [5, 5.41) is 0. The molecule has 0 spiro atoms. The molecule has 1 fully saturated rings. The highest BCUT2D eigenvalue weighted by Crippen LogP contribution is 2.23. The number of benzene rings is 2. The molecule has 27 heavy (non-hydrogen) atoms. The Kier molecular flexibility index (Phi) is 5.52. The summed E-state index contributed by atoms with van der Waals surface area (Å²) in [4.78, 5) is -0.173. The molecule has 146 valence electrons. The van der Waals surface area contributed by atoms with Gasteiger partial charge >= 0.3 is 0 Å². The Morgan fingerprint density at radius 1 is 0.963 bits per heavy atom. The number of hydrogen-bond donors (Lipinski definition) is 1. The van der Waals surface area contributed by atoms with Crippen LogP contribution in [0.2, 0.25) is 0 Å². The van der Waals surface area contributed by atoms with E-state index in [4.69, 9.17) is 4.74 Å². The number of sulfonamides is 2. The lowest BCUT2D eigenvalue weighted by molar-refractivity contribution is 0.0730. The van der Waals surface area contributed by atoms with Crippen LogP contribution in [0.4, 0.5) is 10.1 Å². The van der Waals surface area contributed by atoms with Crippen LogP contribution < -0.4 is 4.72 Å². The summed E-state index contributed by atoms with van der Waals surface area (Å²) >= 11 is 0. The third-order valence-electron chi connectivity index (χ3n) is 4.11. The average molecular weight is 414 g/mol. The summed E-state index contributed by atoms with van der Waals surface area (Å²) in [6.07, 6.45) is 0. The van der Waals surface area contributed by atoms with Gasteiger partial charge in [-0.1, -0.05) is 6.07 Å². The fourth-order valence-electron chi connectivity index (χ4n) is 2.63. The molecule has 0 amide bonds. The monoisotopic (exact) mass is 414 g/mol. The number of halogens is 1. The number of aryl methyl sites for hydroxylation is 1. The van der Waals surface area contributed by atoms with Crippen LogP contribution in [0.3, 0.4) is 0 Å². The number of nitrogens with zero attached hydrogens (tertiary/aromatic N) is 1. The highest BCUT2D eigenvalue weighted by Gasteiger charge is 2.27. The van der Waals surface area contributed by atoms with Gasteiger partial charge in [0.25, 0.3) is 10.0 Å². The molecule has 10 heteroatoms. The summed E-state index contributed by atoms with van der Waals surface area (Å²) in [6, 6.07) is 8.95. The number of ether oxygens (including phenoxy) is 1. The van der Waals surface area contributed by atoms with Gasteiger partial charge in [0, 0.05) is 13.1 Å². The van der Waals surface area contributed by atoms with E-state index in [1.165, 1.54) is 40.7 Å². The van der Waals surface area contributed by atoms with Crippen LogP contribution >= 0.6 is 0 Å².